The number of hydrogen-bond donors (Lipinski definition) is 1. The second-order valence-corrected chi connectivity index (χ2v) is 5.37. The second-order valence-electron chi connectivity index (χ2n) is 5.37. The van der Waals surface area contributed by atoms with Crippen molar-refractivity contribution in [2.24, 2.45) is 0 Å². The Morgan fingerprint density at radius 2 is 1.91 bits per heavy atom. The van der Waals surface area contributed by atoms with Gasteiger partial charge in [0.05, 0.1) is 28.9 Å². The van der Waals surface area contributed by atoms with Gasteiger partial charge in [-0.2, -0.15) is 5.10 Å². The fraction of sp³-hybridized carbons (Fsp3) is 0.118. The molecule has 0 fully saturated rings. The van der Waals surface area contributed by atoms with E-state index in [1.807, 2.05) is 43.6 Å². The van der Waals surface area contributed by atoms with Crippen molar-refractivity contribution in [1.29, 1.82) is 0 Å². The lowest BCUT2D eigenvalue weighted by atomic mass is 10.2. The average Bonchev–Trinajstić information content (AvgIpc) is 3.00. The molecule has 5 nitrogen and oxygen atoms in total. The Morgan fingerprint density at radius 1 is 1.05 bits per heavy atom. The molecule has 0 atom stereocenters. The highest BCUT2D eigenvalue weighted by molar-refractivity contribution is 5.92. The molecule has 0 amide bonds. The number of fused-ring (bicyclic) bond motifs is 2. The number of nitrogens with zero attached hydrogens (tertiary/aromatic N) is 4. The number of H-pyrrole nitrogens is 1. The fourth-order valence-electron chi connectivity index (χ4n) is 2.56. The van der Waals surface area contributed by atoms with Crippen LogP contribution in [0.1, 0.15) is 5.56 Å². The van der Waals surface area contributed by atoms with Crippen LogP contribution in [0.4, 0.5) is 5.82 Å². The summed E-state index contributed by atoms with van der Waals surface area (Å²) in [6.07, 6.45) is 3.62. The standard InChI is InChI=1S/C17H15N5/c1-22(11-12-5-3-2-4-6-12)17-10-18-15-8-14-13(9-19-21-14)7-16(15)20-17/h2-10H,11H2,1H3,(H,19,21). The molecule has 4 aromatic rings. The molecule has 22 heavy (non-hydrogen) atoms. The summed E-state index contributed by atoms with van der Waals surface area (Å²) in [4.78, 5) is 11.3. The van der Waals surface area contributed by atoms with Crippen LogP contribution in [0.15, 0.2) is 54.9 Å². The van der Waals surface area contributed by atoms with Crippen molar-refractivity contribution in [3.8, 4) is 0 Å². The number of anilines is 1. The Morgan fingerprint density at radius 3 is 2.77 bits per heavy atom. The number of benzene rings is 2. The van der Waals surface area contributed by atoms with E-state index in [-0.39, 0.29) is 0 Å². The SMILES string of the molecule is CN(Cc1ccccc1)c1cnc2cc3[nH]ncc3cc2n1. The number of hydrogen-bond acceptors (Lipinski definition) is 4. The molecule has 0 aliphatic heterocycles. The Kier molecular flexibility index (Phi) is 2.96. The van der Waals surface area contributed by atoms with E-state index in [1.54, 1.807) is 6.20 Å². The van der Waals surface area contributed by atoms with Gasteiger partial charge in [-0.05, 0) is 17.7 Å². The molecule has 1 N–H and O–H groups in total. The van der Waals surface area contributed by atoms with E-state index in [0.29, 0.717) is 0 Å². The predicted octanol–water partition coefficient (Wildman–Crippen LogP) is 3.14. The van der Waals surface area contributed by atoms with E-state index in [0.717, 1.165) is 34.3 Å². The topological polar surface area (TPSA) is 57.7 Å². The highest BCUT2D eigenvalue weighted by atomic mass is 15.2. The zero-order valence-electron chi connectivity index (χ0n) is 12.2. The Balaban J connectivity index is 1.70. The summed E-state index contributed by atoms with van der Waals surface area (Å²) in [5.41, 5.74) is 3.98. The van der Waals surface area contributed by atoms with Gasteiger partial charge in [0.1, 0.15) is 5.82 Å². The average molecular weight is 289 g/mol. The first-order valence-electron chi connectivity index (χ1n) is 7.14. The zero-order chi connectivity index (χ0) is 14.9. The number of rotatable bonds is 3. The molecule has 5 heteroatoms. The number of nitrogens with one attached hydrogen (secondary N) is 1. The molecule has 0 unspecified atom stereocenters. The van der Waals surface area contributed by atoms with Crippen LogP contribution in [0.3, 0.4) is 0 Å². The summed E-state index contributed by atoms with van der Waals surface area (Å²) in [5.74, 6) is 0.860. The molecule has 2 aromatic heterocycles. The number of aromatic amines is 1. The van der Waals surface area contributed by atoms with Crippen molar-refractivity contribution in [3.05, 3.63) is 60.4 Å². The summed E-state index contributed by atoms with van der Waals surface area (Å²) in [6.45, 7) is 0.801. The van der Waals surface area contributed by atoms with Crippen LogP contribution in [-0.4, -0.2) is 27.2 Å². The molecule has 2 heterocycles. The van der Waals surface area contributed by atoms with Gasteiger partial charge in [0.2, 0.25) is 0 Å². The van der Waals surface area contributed by atoms with E-state index >= 15 is 0 Å². The van der Waals surface area contributed by atoms with Crippen LogP contribution in [0.5, 0.6) is 0 Å². The molecule has 108 valence electrons. The Labute approximate surface area is 127 Å². The van der Waals surface area contributed by atoms with Crippen LogP contribution in [0.2, 0.25) is 0 Å². The molecular weight excluding hydrogens is 274 g/mol. The lowest BCUT2D eigenvalue weighted by Gasteiger charge is -2.18. The van der Waals surface area contributed by atoms with Crippen LogP contribution >= 0.6 is 0 Å². The van der Waals surface area contributed by atoms with E-state index in [2.05, 4.69) is 32.2 Å². The normalized spacial score (nSPS) is 11.1. The summed E-state index contributed by atoms with van der Waals surface area (Å²) in [6, 6.07) is 14.3. The summed E-state index contributed by atoms with van der Waals surface area (Å²) >= 11 is 0. The van der Waals surface area contributed by atoms with Gasteiger partial charge < -0.3 is 4.90 Å². The van der Waals surface area contributed by atoms with Crippen molar-refractivity contribution in [2.45, 2.75) is 6.54 Å². The van der Waals surface area contributed by atoms with Gasteiger partial charge in [-0.25, -0.2) is 4.98 Å². The minimum absolute atomic E-state index is 0.801. The largest absolute Gasteiger partial charge is 0.354 e. The van der Waals surface area contributed by atoms with Crippen LogP contribution in [-0.2, 0) is 6.54 Å². The second kappa shape index (κ2) is 5.11. The molecule has 0 spiro atoms. The summed E-state index contributed by atoms with van der Waals surface area (Å²) < 4.78 is 0. The van der Waals surface area contributed by atoms with Crippen molar-refractivity contribution in [1.82, 2.24) is 20.2 Å². The van der Waals surface area contributed by atoms with Crippen LogP contribution in [0, 0.1) is 0 Å². The lowest BCUT2D eigenvalue weighted by Crippen LogP contribution is -2.17. The van der Waals surface area contributed by atoms with Crippen LogP contribution in [0.25, 0.3) is 21.9 Å². The van der Waals surface area contributed by atoms with Gasteiger partial charge >= 0.3 is 0 Å². The molecule has 0 saturated heterocycles. The van der Waals surface area contributed by atoms with Gasteiger partial charge in [-0.1, -0.05) is 30.3 Å². The molecule has 0 aliphatic rings. The minimum atomic E-state index is 0.801. The van der Waals surface area contributed by atoms with Gasteiger partial charge in [-0.3, -0.25) is 10.1 Å². The fourth-order valence-corrected chi connectivity index (χ4v) is 2.56. The smallest absolute Gasteiger partial charge is 0.147 e. The van der Waals surface area contributed by atoms with Gasteiger partial charge in [0, 0.05) is 19.0 Å². The predicted molar refractivity (Wildman–Crippen MR) is 87.7 cm³/mol. The van der Waals surface area contributed by atoms with E-state index in [9.17, 15) is 0 Å². The highest BCUT2D eigenvalue weighted by Crippen LogP contribution is 2.21. The van der Waals surface area contributed by atoms with E-state index in [4.69, 9.17) is 4.98 Å². The molecule has 0 saturated carbocycles. The Bertz CT molecular complexity index is 930. The summed E-state index contributed by atoms with van der Waals surface area (Å²) in [7, 11) is 2.03. The van der Waals surface area contributed by atoms with Gasteiger partial charge in [0.25, 0.3) is 0 Å². The molecular formula is C17H15N5. The molecule has 0 aliphatic carbocycles. The maximum absolute atomic E-state index is 4.72. The molecule has 0 bridgehead atoms. The van der Waals surface area contributed by atoms with Crippen molar-refractivity contribution < 1.29 is 0 Å². The third kappa shape index (κ3) is 2.26. The number of aromatic nitrogens is 4. The van der Waals surface area contributed by atoms with Gasteiger partial charge in [0.15, 0.2) is 0 Å². The highest BCUT2D eigenvalue weighted by Gasteiger charge is 2.07. The minimum Gasteiger partial charge on any atom is -0.354 e. The first-order chi connectivity index (χ1) is 10.8. The molecule has 0 radical (unpaired) electrons. The maximum atomic E-state index is 4.72. The monoisotopic (exact) mass is 289 g/mol. The van der Waals surface area contributed by atoms with Crippen molar-refractivity contribution >= 4 is 27.8 Å². The first kappa shape index (κ1) is 12.8. The lowest BCUT2D eigenvalue weighted by molar-refractivity contribution is 0.897. The third-order valence-corrected chi connectivity index (χ3v) is 3.74. The molecule has 2 aromatic carbocycles. The quantitative estimate of drug-likeness (QED) is 0.629. The van der Waals surface area contributed by atoms with Crippen molar-refractivity contribution in [2.75, 3.05) is 11.9 Å². The van der Waals surface area contributed by atoms with E-state index < -0.39 is 0 Å². The van der Waals surface area contributed by atoms with Gasteiger partial charge in [-0.15, -0.1) is 0 Å². The zero-order valence-corrected chi connectivity index (χ0v) is 12.2. The first-order valence-corrected chi connectivity index (χ1v) is 7.14. The Hall–Kier alpha value is -2.95. The van der Waals surface area contributed by atoms with E-state index in [1.165, 1.54) is 5.56 Å². The molecule has 4 rings (SSSR count). The maximum Gasteiger partial charge on any atom is 0.147 e. The third-order valence-electron chi connectivity index (χ3n) is 3.74. The van der Waals surface area contributed by atoms with Crippen LogP contribution < -0.4 is 4.90 Å². The summed E-state index contributed by atoms with van der Waals surface area (Å²) in [5, 5.41) is 8.05. The van der Waals surface area contributed by atoms with Crippen molar-refractivity contribution in [3.63, 3.8) is 0 Å².